The van der Waals surface area contributed by atoms with E-state index in [1.54, 1.807) is 6.34 Å². The van der Waals surface area contributed by atoms with Crippen LogP contribution in [0.15, 0.2) is 39.4 Å². The van der Waals surface area contributed by atoms with Gasteiger partial charge in [0.05, 0.1) is 35.8 Å². The fraction of sp³-hybridized carbons (Fsp3) is 0.500. The molecule has 1 aromatic carbocycles. The Balaban J connectivity index is 1.20. The maximum absolute atomic E-state index is 15.6. The van der Waals surface area contributed by atoms with E-state index in [1.165, 1.54) is 16.0 Å². The van der Waals surface area contributed by atoms with Crippen molar-refractivity contribution in [3.63, 3.8) is 0 Å². The molecule has 0 unspecified atom stereocenters. The number of hydrogen-bond acceptors (Lipinski definition) is 8. The first-order valence-corrected chi connectivity index (χ1v) is 12.8. The summed E-state index contributed by atoms with van der Waals surface area (Å²) in [6.45, 7) is 11.0. The number of halogens is 1. The predicted molar refractivity (Wildman–Crippen MR) is 138 cm³/mol. The van der Waals surface area contributed by atoms with Crippen LogP contribution < -0.4 is 11.0 Å². The normalized spacial score (nSPS) is 22.1. The monoisotopic (exact) mass is 493 g/mol. The van der Waals surface area contributed by atoms with Crippen LogP contribution in [0.25, 0.3) is 10.9 Å². The minimum Gasteiger partial charge on any atom is -0.379 e. The highest BCUT2D eigenvalue weighted by molar-refractivity contribution is 6.06. The number of anilines is 1. The van der Waals surface area contributed by atoms with E-state index >= 15 is 4.39 Å². The summed E-state index contributed by atoms with van der Waals surface area (Å²) in [5, 5.41) is 3.68. The molecule has 4 aliphatic rings. The van der Waals surface area contributed by atoms with Crippen LogP contribution in [0.2, 0.25) is 0 Å². The third kappa shape index (κ3) is 3.88. The number of allylic oxidation sites excluding steroid dienone is 2. The van der Waals surface area contributed by atoms with Gasteiger partial charge in [0.15, 0.2) is 5.82 Å². The Kier molecular flexibility index (Phi) is 6.00. The third-order valence-corrected chi connectivity index (χ3v) is 7.79. The Hall–Kier alpha value is -3.24. The molecule has 4 aliphatic heterocycles. The molecular formula is C26H32FN7O2. The summed E-state index contributed by atoms with van der Waals surface area (Å²) in [7, 11) is 0. The summed E-state index contributed by atoms with van der Waals surface area (Å²) in [6, 6.07) is 2.29. The fourth-order valence-corrected chi connectivity index (χ4v) is 5.82. The van der Waals surface area contributed by atoms with Crippen molar-refractivity contribution in [3.8, 4) is 0 Å². The van der Waals surface area contributed by atoms with Gasteiger partial charge >= 0.3 is 5.69 Å². The number of rotatable bonds is 5. The average Bonchev–Trinajstić information content (AvgIpc) is 3.42. The van der Waals surface area contributed by atoms with E-state index in [9.17, 15) is 4.79 Å². The maximum Gasteiger partial charge on any atom is 0.349 e. The van der Waals surface area contributed by atoms with Crippen LogP contribution in [0.4, 0.5) is 15.9 Å². The molecule has 1 N–H and O–H groups in total. The molecule has 1 aromatic heterocycles. The number of aliphatic imine (C=N–C) groups is 1. The van der Waals surface area contributed by atoms with Gasteiger partial charge in [0, 0.05) is 63.7 Å². The van der Waals surface area contributed by atoms with Crippen molar-refractivity contribution >= 4 is 28.7 Å². The topological polar surface area (TPSA) is 78.2 Å². The number of benzene rings is 1. The molecule has 0 radical (unpaired) electrons. The summed E-state index contributed by atoms with van der Waals surface area (Å²) < 4.78 is 22.7. The standard InChI is InChI=1S/C26H32FN7O2/c1-3-33-25-22-20(28-16-29-25)13-18(23(27)24(22)30-26(33)35)14-31-8-10-32(11-9-31)21-5-4-7-34(17(21)2)19-6-12-36-15-19/h4-5,13,16,19H,3,6-12,14-15H2,1-2H3,(H,28,29)/t19-/m1/s1. The van der Waals surface area contributed by atoms with Gasteiger partial charge in [-0.2, -0.15) is 4.98 Å². The summed E-state index contributed by atoms with van der Waals surface area (Å²) in [4.78, 5) is 28.1. The number of ether oxygens (including phenoxy) is 1. The van der Waals surface area contributed by atoms with Crippen molar-refractivity contribution in [1.82, 2.24) is 24.3 Å². The Bertz CT molecular complexity index is 1330. The Labute approximate surface area is 209 Å². The smallest absolute Gasteiger partial charge is 0.349 e. The van der Waals surface area contributed by atoms with Crippen molar-refractivity contribution in [3.05, 3.63) is 51.5 Å². The molecule has 36 heavy (non-hydrogen) atoms. The number of nitrogens with one attached hydrogen (secondary N) is 1. The zero-order valence-corrected chi connectivity index (χ0v) is 20.8. The highest BCUT2D eigenvalue weighted by Crippen LogP contribution is 2.36. The van der Waals surface area contributed by atoms with Crippen molar-refractivity contribution < 1.29 is 9.13 Å². The molecule has 10 heteroatoms. The van der Waals surface area contributed by atoms with Gasteiger partial charge in [0.25, 0.3) is 0 Å². The van der Waals surface area contributed by atoms with Gasteiger partial charge in [-0.05, 0) is 32.4 Å². The second kappa shape index (κ2) is 9.33. The third-order valence-electron chi connectivity index (χ3n) is 7.79. The number of aromatic nitrogens is 2. The van der Waals surface area contributed by atoms with Gasteiger partial charge in [0.1, 0.15) is 11.3 Å². The fourth-order valence-electron chi connectivity index (χ4n) is 5.82. The van der Waals surface area contributed by atoms with Crippen LogP contribution in [-0.2, 0) is 17.8 Å². The first-order valence-electron chi connectivity index (χ1n) is 12.8. The lowest BCUT2D eigenvalue weighted by atomic mass is 10.1. The van der Waals surface area contributed by atoms with Gasteiger partial charge < -0.3 is 19.9 Å². The molecule has 2 aromatic rings. The van der Waals surface area contributed by atoms with Crippen LogP contribution in [0.3, 0.4) is 0 Å². The van der Waals surface area contributed by atoms with Crippen LogP contribution in [0.5, 0.6) is 0 Å². The Morgan fingerprint density at radius 1 is 1.25 bits per heavy atom. The first kappa shape index (κ1) is 23.2. The zero-order chi connectivity index (χ0) is 24.8. The molecule has 2 saturated heterocycles. The van der Waals surface area contributed by atoms with Crippen LogP contribution in [0, 0.1) is 5.82 Å². The van der Waals surface area contributed by atoms with Crippen molar-refractivity contribution in [2.24, 2.45) is 4.99 Å². The highest BCUT2D eigenvalue weighted by Gasteiger charge is 2.29. The van der Waals surface area contributed by atoms with Crippen molar-refractivity contribution in [2.45, 2.75) is 39.4 Å². The molecule has 0 saturated carbocycles. The van der Waals surface area contributed by atoms with E-state index in [2.05, 4.69) is 49.1 Å². The van der Waals surface area contributed by atoms with Gasteiger partial charge in [-0.3, -0.25) is 9.47 Å². The van der Waals surface area contributed by atoms with E-state index < -0.39 is 11.5 Å². The molecule has 0 amide bonds. The SMILES string of the molecule is CCn1c2c3c(cc(CN4CCN(C5=C(C)N([C@@H]6CCOC6)CC=C5)CC4)c(F)c3nc1=O)NC=N2. The van der Waals surface area contributed by atoms with Gasteiger partial charge in [0.2, 0.25) is 0 Å². The van der Waals surface area contributed by atoms with Crippen molar-refractivity contribution in [2.75, 3.05) is 51.3 Å². The summed E-state index contributed by atoms with van der Waals surface area (Å²) in [5.41, 5.74) is 3.50. The molecule has 190 valence electrons. The highest BCUT2D eigenvalue weighted by atomic mass is 19.1. The number of nitrogens with zero attached hydrogens (tertiary/aromatic N) is 6. The number of hydrogen-bond donors (Lipinski definition) is 1. The van der Waals surface area contributed by atoms with Gasteiger partial charge in [-0.1, -0.05) is 6.08 Å². The lowest BCUT2D eigenvalue weighted by Gasteiger charge is -2.41. The molecule has 0 bridgehead atoms. The zero-order valence-electron chi connectivity index (χ0n) is 20.8. The largest absolute Gasteiger partial charge is 0.379 e. The second-order valence-electron chi connectivity index (χ2n) is 9.79. The summed E-state index contributed by atoms with van der Waals surface area (Å²) >= 11 is 0. The lowest BCUT2D eigenvalue weighted by Crippen LogP contribution is -2.47. The second-order valence-corrected chi connectivity index (χ2v) is 9.79. The summed E-state index contributed by atoms with van der Waals surface area (Å²) in [6.07, 6.45) is 7.12. The van der Waals surface area contributed by atoms with E-state index in [1.807, 2.05) is 13.0 Å². The average molecular weight is 494 g/mol. The quantitative estimate of drug-likeness (QED) is 0.686. The molecule has 1 atom stereocenters. The molecular weight excluding hydrogens is 461 g/mol. The molecule has 9 nitrogen and oxygen atoms in total. The first-order chi connectivity index (χ1) is 17.5. The van der Waals surface area contributed by atoms with E-state index in [0.717, 1.165) is 58.0 Å². The molecule has 2 fully saturated rings. The van der Waals surface area contributed by atoms with Crippen LogP contribution >= 0.6 is 0 Å². The minimum atomic E-state index is -0.475. The van der Waals surface area contributed by atoms with E-state index in [0.29, 0.717) is 35.9 Å². The minimum absolute atomic E-state index is 0.0966. The van der Waals surface area contributed by atoms with E-state index in [-0.39, 0.29) is 5.52 Å². The predicted octanol–water partition coefficient (Wildman–Crippen LogP) is 2.65. The molecule has 6 rings (SSSR count). The van der Waals surface area contributed by atoms with Crippen LogP contribution in [-0.4, -0.2) is 82.6 Å². The summed E-state index contributed by atoms with van der Waals surface area (Å²) in [5.74, 6) is 0.0302. The van der Waals surface area contributed by atoms with E-state index in [4.69, 9.17) is 4.74 Å². The Morgan fingerprint density at radius 3 is 2.83 bits per heavy atom. The van der Waals surface area contributed by atoms with Gasteiger partial charge in [-0.25, -0.2) is 14.2 Å². The van der Waals surface area contributed by atoms with Crippen LogP contribution in [0.1, 0.15) is 25.8 Å². The van der Waals surface area contributed by atoms with Crippen molar-refractivity contribution in [1.29, 1.82) is 0 Å². The maximum atomic E-state index is 15.6. The Morgan fingerprint density at radius 2 is 2.08 bits per heavy atom. The lowest BCUT2D eigenvalue weighted by molar-refractivity contribution is 0.143. The molecule has 0 aliphatic carbocycles. The van der Waals surface area contributed by atoms with Gasteiger partial charge in [-0.15, -0.1) is 0 Å². The number of piperazine rings is 1. The molecule has 0 spiro atoms. The molecule has 5 heterocycles.